The standard InChI is InChI=1S/C30H53N5O12/c1-4-6-7-20(27(42)34-30(29(43)44)10-12-31-13-11-30)33-22(37)18-35(5-2)23(38)9-8-21(36)32-14-15-45-16-17-46-28-26(41)25(40)24(39)19(3)47-28/h19-20,24-26,28,31,39-41H,4-18H2,1-3H3,(H,32,36)(H,33,37)(H,34,42)(H,43,44)/t19?,20?,24-,25?,26?,28+/m0/s1. The minimum atomic E-state index is -1.41. The summed E-state index contributed by atoms with van der Waals surface area (Å²) in [6.45, 7) is 6.38. The predicted octanol–water partition coefficient (Wildman–Crippen LogP) is -2.41. The van der Waals surface area contributed by atoms with Crippen LogP contribution in [0.4, 0.5) is 0 Å². The minimum absolute atomic E-state index is 0.0327. The van der Waals surface area contributed by atoms with Crippen LogP contribution in [0, 0.1) is 0 Å². The molecule has 0 saturated carbocycles. The number of carbonyl (C=O) groups excluding carboxylic acids is 4. The van der Waals surface area contributed by atoms with E-state index in [0.717, 1.165) is 6.42 Å². The number of likely N-dealkylation sites (N-methyl/N-ethyl adjacent to an activating group) is 1. The smallest absolute Gasteiger partial charge is 0.329 e. The van der Waals surface area contributed by atoms with Gasteiger partial charge in [0.15, 0.2) is 6.29 Å². The highest BCUT2D eigenvalue weighted by molar-refractivity contribution is 5.93. The predicted molar refractivity (Wildman–Crippen MR) is 166 cm³/mol. The van der Waals surface area contributed by atoms with Gasteiger partial charge in [0.1, 0.15) is 29.9 Å². The highest BCUT2D eigenvalue weighted by Crippen LogP contribution is 2.22. The highest BCUT2D eigenvalue weighted by atomic mass is 16.7. The average Bonchev–Trinajstić information content (AvgIpc) is 3.05. The summed E-state index contributed by atoms with van der Waals surface area (Å²) >= 11 is 0. The summed E-state index contributed by atoms with van der Waals surface area (Å²) in [4.78, 5) is 64.3. The number of unbranched alkanes of at least 4 members (excludes halogenated alkanes) is 1. The molecule has 0 radical (unpaired) electrons. The quantitative estimate of drug-likeness (QED) is 0.0628. The van der Waals surface area contributed by atoms with E-state index in [4.69, 9.17) is 14.2 Å². The molecule has 8 N–H and O–H groups in total. The van der Waals surface area contributed by atoms with E-state index in [1.165, 1.54) is 4.90 Å². The first kappa shape index (κ1) is 40.2. The number of amides is 4. The van der Waals surface area contributed by atoms with Crippen molar-refractivity contribution in [2.45, 2.75) is 108 Å². The van der Waals surface area contributed by atoms with E-state index in [-0.39, 0.29) is 71.0 Å². The van der Waals surface area contributed by atoms with Gasteiger partial charge >= 0.3 is 5.97 Å². The third-order valence-electron chi connectivity index (χ3n) is 8.25. The van der Waals surface area contributed by atoms with Crippen molar-refractivity contribution in [2.24, 2.45) is 0 Å². The van der Waals surface area contributed by atoms with Crippen molar-refractivity contribution >= 4 is 29.6 Å². The number of piperidine rings is 1. The Morgan fingerprint density at radius 1 is 0.979 bits per heavy atom. The fraction of sp³-hybridized carbons (Fsp3) is 0.833. The second-order valence-corrected chi connectivity index (χ2v) is 11.8. The maximum absolute atomic E-state index is 13.1. The average molecular weight is 676 g/mol. The Bertz CT molecular complexity index is 1030. The Balaban J connectivity index is 1.70. The molecule has 17 nitrogen and oxygen atoms in total. The van der Waals surface area contributed by atoms with Gasteiger partial charge in [0, 0.05) is 25.9 Å². The van der Waals surface area contributed by atoms with Crippen molar-refractivity contribution in [1.29, 1.82) is 0 Å². The first-order valence-electron chi connectivity index (χ1n) is 16.3. The van der Waals surface area contributed by atoms with Gasteiger partial charge in [-0.2, -0.15) is 0 Å². The molecule has 0 aliphatic carbocycles. The molecule has 0 aromatic heterocycles. The Morgan fingerprint density at radius 3 is 2.32 bits per heavy atom. The molecular formula is C30H53N5O12. The van der Waals surface area contributed by atoms with Crippen molar-refractivity contribution in [3.63, 3.8) is 0 Å². The number of aliphatic hydroxyl groups is 3. The summed E-state index contributed by atoms with van der Waals surface area (Å²) in [5, 5.41) is 50.3. The van der Waals surface area contributed by atoms with Gasteiger partial charge in [0.05, 0.1) is 32.5 Å². The Labute approximate surface area is 275 Å². The lowest BCUT2D eigenvalue weighted by atomic mass is 9.88. The first-order valence-corrected chi connectivity index (χ1v) is 16.3. The molecule has 47 heavy (non-hydrogen) atoms. The molecule has 2 heterocycles. The topological polar surface area (TPSA) is 245 Å². The highest BCUT2D eigenvalue weighted by Gasteiger charge is 2.43. The number of carboxylic acid groups (broad SMARTS) is 1. The third kappa shape index (κ3) is 12.9. The Hall–Kier alpha value is -2.93. The van der Waals surface area contributed by atoms with Crippen LogP contribution in [0.1, 0.15) is 65.7 Å². The molecule has 4 unspecified atom stereocenters. The normalized spacial score (nSPS) is 24.5. The van der Waals surface area contributed by atoms with Crippen LogP contribution >= 0.6 is 0 Å². The van der Waals surface area contributed by atoms with Crippen LogP contribution in [-0.4, -0.2) is 150 Å². The van der Waals surface area contributed by atoms with Crippen LogP contribution < -0.4 is 21.3 Å². The number of rotatable bonds is 20. The molecule has 2 saturated heterocycles. The van der Waals surface area contributed by atoms with Crippen molar-refractivity contribution < 1.29 is 58.6 Å². The zero-order chi connectivity index (χ0) is 35.0. The second kappa shape index (κ2) is 20.4. The molecule has 0 bridgehead atoms. The lowest BCUT2D eigenvalue weighted by Gasteiger charge is -2.38. The summed E-state index contributed by atoms with van der Waals surface area (Å²) in [5.74, 6) is -3.07. The van der Waals surface area contributed by atoms with Gasteiger partial charge < -0.3 is 60.8 Å². The minimum Gasteiger partial charge on any atom is -0.480 e. The van der Waals surface area contributed by atoms with Gasteiger partial charge in [-0.25, -0.2) is 4.79 Å². The molecule has 0 aromatic carbocycles. The zero-order valence-electron chi connectivity index (χ0n) is 27.6. The molecule has 2 fully saturated rings. The van der Waals surface area contributed by atoms with E-state index >= 15 is 0 Å². The first-order chi connectivity index (χ1) is 22.3. The molecule has 17 heteroatoms. The number of carbonyl (C=O) groups is 5. The van der Waals surface area contributed by atoms with E-state index < -0.39 is 66.0 Å². The van der Waals surface area contributed by atoms with E-state index in [1.807, 2.05) is 6.92 Å². The van der Waals surface area contributed by atoms with Crippen LogP contribution in [0.5, 0.6) is 0 Å². The second-order valence-electron chi connectivity index (χ2n) is 11.8. The fourth-order valence-electron chi connectivity index (χ4n) is 5.24. The van der Waals surface area contributed by atoms with E-state index in [2.05, 4.69) is 21.3 Å². The summed E-state index contributed by atoms with van der Waals surface area (Å²) in [5.41, 5.74) is -1.41. The van der Waals surface area contributed by atoms with E-state index in [9.17, 15) is 44.4 Å². The number of hydrogen-bond donors (Lipinski definition) is 8. The molecular weight excluding hydrogens is 622 g/mol. The van der Waals surface area contributed by atoms with Crippen molar-refractivity contribution in [1.82, 2.24) is 26.2 Å². The molecule has 2 aliphatic rings. The molecule has 0 aromatic rings. The maximum Gasteiger partial charge on any atom is 0.329 e. The van der Waals surface area contributed by atoms with E-state index in [1.54, 1.807) is 13.8 Å². The maximum atomic E-state index is 13.1. The van der Waals surface area contributed by atoms with Gasteiger partial charge in [-0.05, 0) is 46.2 Å². The lowest BCUT2D eigenvalue weighted by molar-refractivity contribution is -0.294. The molecule has 2 aliphatic heterocycles. The monoisotopic (exact) mass is 675 g/mol. The van der Waals surface area contributed by atoms with Crippen LogP contribution in [0.15, 0.2) is 0 Å². The fourth-order valence-corrected chi connectivity index (χ4v) is 5.24. The summed E-state index contributed by atoms with van der Waals surface area (Å²) in [7, 11) is 0. The third-order valence-corrected chi connectivity index (χ3v) is 8.25. The molecule has 6 atom stereocenters. The summed E-state index contributed by atoms with van der Waals surface area (Å²) < 4.78 is 16.1. The van der Waals surface area contributed by atoms with Crippen LogP contribution in [-0.2, 0) is 38.2 Å². The van der Waals surface area contributed by atoms with Crippen LogP contribution in [0.3, 0.4) is 0 Å². The molecule has 4 amide bonds. The number of ether oxygens (including phenoxy) is 3. The van der Waals surface area contributed by atoms with E-state index in [0.29, 0.717) is 25.9 Å². The SMILES string of the molecule is CCCCC(NC(=O)CN(CC)C(=O)CCC(=O)NCCOCCO[C@@H]1OC(C)[C@H](O)C(O)C1O)C(=O)NC1(C(=O)O)CCNCC1. The molecule has 2 rings (SSSR count). The molecule has 270 valence electrons. The number of hydrogen-bond acceptors (Lipinski definition) is 12. The number of aliphatic hydroxyl groups excluding tert-OH is 3. The Kier molecular flexibility index (Phi) is 17.5. The van der Waals surface area contributed by atoms with Gasteiger partial charge in [0.25, 0.3) is 0 Å². The van der Waals surface area contributed by atoms with Crippen molar-refractivity contribution in [2.75, 3.05) is 52.5 Å². The number of carboxylic acids is 1. The lowest BCUT2D eigenvalue weighted by Crippen LogP contribution is -2.63. The number of aliphatic carboxylic acids is 1. The number of nitrogens with one attached hydrogen (secondary N) is 4. The van der Waals surface area contributed by atoms with Gasteiger partial charge in [-0.3, -0.25) is 19.2 Å². The van der Waals surface area contributed by atoms with Crippen LogP contribution in [0.2, 0.25) is 0 Å². The summed E-state index contributed by atoms with van der Waals surface area (Å²) in [6.07, 6.45) is -3.98. The van der Waals surface area contributed by atoms with Gasteiger partial charge in [0.2, 0.25) is 23.6 Å². The zero-order valence-corrected chi connectivity index (χ0v) is 27.6. The number of nitrogens with zero attached hydrogens (tertiary/aromatic N) is 1. The van der Waals surface area contributed by atoms with Gasteiger partial charge in [-0.1, -0.05) is 19.8 Å². The Morgan fingerprint density at radius 2 is 1.68 bits per heavy atom. The largest absolute Gasteiger partial charge is 0.480 e. The van der Waals surface area contributed by atoms with Crippen molar-refractivity contribution in [3.8, 4) is 0 Å². The van der Waals surface area contributed by atoms with Crippen molar-refractivity contribution in [3.05, 3.63) is 0 Å². The van der Waals surface area contributed by atoms with Gasteiger partial charge in [-0.15, -0.1) is 0 Å². The molecule has 0 spiro atoms. The summed E-state index contributed by atoms with van der Waals surface area (Å²) in [6, 6.07) is -0.959. The van der Waals surface area contributed by atoms with Crippen LogP contribution in [0.25, 0.3) is 0 Å².